The molecule has 0 amide bonds. The zero-order valence-corrected chi connectivity index (χ0v) is 9.37. The van der Waals surface area contributed by atoms with Gasteiger partial charge in [-0.1, -0.05) is 11.6 Å². The lowest BCUT2D eigenvalue weighted by molar-refractivity contribution is 0.633. The Morgan fingerprint density at radius 3 is 2.31 bits per heavy atom. The van der Waals surface area contributed by atoms with E-state index in [0.29, 0.717) is 0 Å². The number of hydrogen-bond donors (Lipinski definition) is 1. The molecule has 0 aliphatic carbocycles. The summed E-state index contributed by atoms with van der Waals surface area (Å²) in [5, 5.41) is 4.21. The van der Waals surface area contributed by atoms with E-state index in [2.05, 4.69) is 33.0 Å². The average molecular weight is 198 g/mol. The average Bonchev–Trinajstić information content (AvgIpc) is 1.93. The first kappa shape index (κ1) is 10.4. The van der Waals surface area contributed by atoms with E-state index in [1.165, 1.54) is 5.56 Å². The van der Waals surface area contributed by atoms with Crippen molar-refractivity contribution in [3.8, 4) is 0 Å². The third-order valence-corrected chi connectivity index (χ3v) is 1.93. The Kier molecular flexibility index (Phi) is 2.87. The van der Waals surface area contributed by atoms with E-state index in [-0.39, 0.29) is 5.54 Å². The molecule has 0 aromatic heterocycles. The SMILES string of the molecule is Cc1cc(Cl)ccc1NC(C)(C)C. The minimum Gasteiger partial charge on any atom is -0.380 e. The summed E-state index contributed by atoms with van der Waals surface area (Å²) < 4.78 is 0. The summed E-state index contributed by atoms with van der Waals surface area (Å²) in [5.41, 5.74) is 2.43. The fourth-order valence-electron chi connectivity index (χ4n) is 1.17. The maximum atomic E-state index is 5.86. The van der Waals surface area contributed by atoms with Gasteiger partial charge in [0.1, 0.15) is 0 Å². The molecule has 1 N–H and O–H groups in total. The largest absolute Gasteiger partial charge is 0.380 e. The molecule has 0 saturated heterocycles. The molecule has 72 valence electrons. The van der Waals surface area contributed by atoms with Crippen molar-refractivity contribution in [1.29, 1.82) is 0 Å². The fraction of sp³-hybridized carbons (Fsp3) is 0.455. The summed E-state index contributed by atoms with van der Waals surface area (Å²) in [7, 11) is 0. The Balaban J connectivity index is 2.90. The molecule has 0 heterocycles. The smallest absolute Gasteiger partial charge is 0.0410 e. The summed E-state index contributed by atoms with van der Waals surface area (Å²) in [6.45, 7) is 8.48. The summed E-state index contributed by atoms with van der Waals surface area (Å²) >= 11 is 5.86. The number of halogens is 1. The third-order valence-electron chi connectivity index (χ3n) is 1.70. The molecular formula is C11H16ClN. The maximum absolute atomic E-state index is 5.86. The first-order chi connectivity index (χ1) is 5.88. The predicted octanol–water partition coefficient (Wildman–Crippen LogP) is 3.86. The van der Waals surface area contributed by atoms with Gasteiger partial charge < -0.3 is 5.32 Å². The van der Waals surface area contributed by atoms with Crippen molar-refractivity contribution in [2.24, 2.45) is 0 Å². The van der Waals surface area contributed by atoms with Crippen LogP contribution in [0, 0.1) is 6.92 Å². The normalized spacial score (nSPS) is 11.5. The summed E-state index contributed by atoms with van der Waals surface area (Å²) in [6, 6.07) is 5.89. The van der Waals surface area contributed by atoms with Gasteiger partial charge in [0.15, 0.2) is 0 Å². The van der Waals surface area contributed by atoms with Crippen LogP contribution in [0.2, 0.25) is 5.02 Å². The molecule has 1 aromatic carbocycles. The van der Waals surface area contributed by atoms with Gasteiger partial charge in [-0.05, 0) is 51.5 Å². The van der Waals surface area contributed by atoms with E-state index in [9.17, 15) is 0 Å². The van der Waals surface area contributed by atoms with Crippen LogP contribution in [0.1, 0.15) is 26.3 Å². The standard InChI is InChI=1S/C11H16ClN/c1-8-7-9(12)5-6-10(8)13-11(2,3)4/h5-7,13H,1-4H3. The second kappa shape index (κ2) is 3.59. The van der Waals surface area contributed by atoms with Crippen LogP contribution in [-0.4, -0.2) is 5.54 Å². The van der Waals surface area contributed by atoms with Crippen LogP contribution in [0.15, 0.2) is 18.2 Å². The van der Waals surface area contributed by atoms with Crippen molar-refractivity contribution in [3.05, 3.63) is 28.8 Å². The van der Waals surface area contributed by atoms with Crippen molar-refractivity contribution < 1.29 is 0 Å². The number of anilines is 1. The van der Waals surface area contributed by atoms with E-state index in [4.69, 9.17) is 11.6 Å². The molecule has 0 radical (unpaired) electrons. The minimum atomic E-state index is 0.0958. The number of rotatable bonds is 1. The number of nitrogens with one attached hydrogen (secondary N) is 1. The van der Waals surface area contributed by atoms with Crippen LogP contribution < -0.4 is 5.32 Å². The molecule has 0 bridgehead atoms. The zero-order valence-electron chi connectivity index (χ0n) is 8.61. The Labute approximate surface area is 85.1 Å². The van der Waals surface area contributed by atoms with Gasteiger partial charge in [-0.2, -0.15) is 0 Å². The van der Waals surface area contributed by atoms with Crippen LogP contribution >= 0.6 is 11.6 Å². The zero-order chi connectivity index (χ0) is 10.1. The highest BCUT2D eigenvalue weighted by atomic mass is 35.5. The van der Waals surface area contributed by atoms with Gasteiger partial charge >= 0.3 is 0 Å². The molecular weight excluding hydrogens is 182 g/mol. The van der Waals surface area contributed by atoms with Crippen LogP contribution in [0.25, 0.3) is 0 Å². The van der Waals surface area contributed by atoms with Crippen LogP contribution in [0.4, 0.5) is 5.69 Å². The van der Waals surface area contributed by atoms with Gasteiger partial charge in [0, 0.05) is 16.2 Å². The van der Waals surface area contributed by atoms with Gasteiger partial charge in [-0.15, -0.1) is 0 Å². The van der Waals surface area contributed by atoms with E-state index >= 15 is 0 Å². The highest BCUT2D eigenvalue weighted by Gasteiger charge is 2.10. The number of hydrogen-bond acceptors (Lipinski definition) is 1. The first-order valence-corrected chi connectivity index (χ1v) is 4.80. The van der Waals surface area contributed by atoms with Crippen LogP contribution in [0.3, 0.4) is 0 Å². The highest BCUT2D eigenvalue weighted by Crippen LogP contribution is 2.22. The summed E-state index contributed by atoms with van der Waals surface area (Å²) in [6.07, 6.45) is 0. The second-order valence-corrected chi connectivity index (χ2v) is 4.77. The van der Waals surface area contributed by atoms with E-state index in [1.807, 2.05) is 18.2 Å². The number of benzene rings is 1. The Morgan fingerprint density at radius 1 is 1.23 bits per heavy atom. The molecule has 13 heavy (non-hydrogen) atoms. The molecule has 0 aliphatic rings. The van der Waals surface area contributed by atoms with Crippen molar-refractivity contribution in [2.75, 3.05) is 5.32 Å². The Morgan fingerprint density at radius 2 is 1.85 bits per heavy atom. The van der Waals surface area contributed by atoms with Crippen LogP contribution in [-0.2, 0) is 0 Å². The molecule has 1 rings (SSSR count). The molecule has 1 nitrogen and oxygen atoms in total. The van der Waals surface area contributed by atoms with E-state index in [1.54, 1.807) is 0 Å². The Hall–Kier alpha value is -0.690. The number of aryl methyl sites for hydroxylation is 1. The van der Waals surface area contributed by atoms with Crippen molar-refractivity contribution >= 4 is 17.3 Å². The van der Waals surface area contributed by atoms with Gasteiger partial charge in [-0.3, -0.25) is 0 Å². The van der Waals surface area contributed by atoms with E-state index < -0.39 is 0 Å². The quantitative estimate of drug-likeness (QED) is 0.721. The Bertz CT molecular complexity index is 299. The fourth-order valence-corrected chi connectivity index (χ4v) is 1.40. The molecule has 0 unspecified atom stereocenters. The molecule has 2 heteroatoms. The summed E-state index contributed by atoms with van der Waals surface area (Å²) in [5.74, 6) is 0. The molecule has 0 atom stereocenters. The lowest BCUT2D eigenvalue weighted by Gasteiger charge is -2.23. The maximum Gasteiger partial charge on any atom is 0.0410 e. The minimum absolute atomic E-state index is 0.0958. The molecule has 0 fully saturated rings. The summed E-state index contributed by atoms with van der Waals surface area (Å²) in [4.78, 5) is 0. The molecule has 0 aliphatic heterocycles. The lowest BCUT2D eigenvalue weighted by atomic mass is 10.1. The first-order valence-electron chi connectivity index (χ1n) is 4.43. The molecule has 1 aromatic rings. The monoisotopic (exact) mass is 197 g/mol. The third kappa shape index (κ3) is 3.27. The van der Waals surface area contributed by atoms with Crippen molar-refractivity contribution in [3.63, 3.8) is 0 Å². The molecule has 0 spiro atoms. The van der Waals surface area contributed by atoms with Gasteiger partial charge in [0.25, 0.3) is 0 Å². The van der Waals surface area contributed by atoms with Crippen LogP contribution in [0.5, 0.6) is 0 Å². The lowest BCUT2D eigenvalue weighted by Crippen LogP contribution is -2.26. The van der Waals surface area contributed by atoms with Crippen molar-refractivity contribution in [2.45, 2.75) is 33.2 Å². The van der Waals surface area contributed by atoms with Gasteiger partial charge in [0.05, 0.1) is 0 Å². The van der Waals surface area contributed by atoms with Crippen molar-refractivity contribution in [1.82, 2.24) is 0 Å². The topological polar surface area (TPSA) is 12.0 Å². The predicted molar refractivity (Wildman–Crippen MR) is 59.6 cm³/mol. The van der Waals surface area contributed by atoms with Gasteiger partial charge in [0.2, 0.25) is 0 Å². The van der Waals surface area contributed by atoms with E-state index in [0.717, 1.165) is 10.7 Å². The second-order valence-electron chi connectivity index (χ2n) is 4.33. The highest BCUT2D eigenvalue weighted by molar-refractivity contribution is 6.30. The molecule has 0 saturated carbocycles. The van der Waals surface area contributed by atoms with Gasteiger partial charge in [-0.25, -0.2) is 0 Å².